The van der Waals surface area contributed by atoms with Gasteiger partial charge >= 0.3 is 0 Å². The van der Waals surface area contributed by atoms with E-state index in [0.29, 0.717) is 13.2 Å². The lowest BCUT2D eigenvalue weighted by Gasteiger charge is -2.43. The molecule has 2 unspecified atom stereocenters. The minimum Gasteiger partial charge on any atom is -0.346 e. The normalized spacial score (nSPS) is 25.7. The Bertz CT molecular complexity index is 432. The van der Waals surface area contributed by atoms with Gasteiger partial charge in [-0.2, -0.15) is 0 Å². The number of rotatable bonds is 3. The largest absolute Gasteiger partial charge is 0.346 e. The Labute approximate surface area is 120 Å². The molecule has 0 aliphatic carbocycles. The fourth-order valence-electron chi connectivity index (χ4n) is 3.40. The van der Waals surface area contributed by atoms with Crippen LogP contribution in [-0.4, -0.2) is 48.0 Å². The molecule has 3 heterocycles. The Hall–Kier alpha value is -1.01. The summed E-state index contributed by atoms with van der Waals surface area (Å²) in [5.74, 6) is -0.404. The van der Waals surface area contributed by atoms with Crippen molar-refractivity contribution in [2.24, 2.45) is 5.73 Å². The van der Waals surface area contributed by atoms with E-state index in [2.05, 4.69) is 16.8 Å². The van der Waals surface area contributed by atoms with Gasteiger partial charge in [-0.25, -0.2) is 0 Å². The van der Waals surface area contributed by atoms with Gasteiger partial charge in [0.1, 0.15) is 0 Å². The zero-order valence-corrected chi connectivity index (χ0v) is 12.0. The van der Waals surface area contributed by atoms with Gasteiger partial charge in [0.2, 0.25) is 0 Å². The van der Waals surface area contributed by atoms with Gasteiger partial charge in [0.25, 0.3) is 0 Å². The molecule has 3 rings (SSSR count). The third-order valence-corrected chi connectivity index (χ3v) is 4.20. The molecule has 110 valence electrons. The van der Waals surface area contributed by atoms with Crippen molar-refractivity contribution in [3.8, 4) is 0 Å². The minimum absolute atomic E-state index is 0.0500. The van der Waals surface area contributed by atoms with Crippen LogP contribution in [0.25, 0.3) is 0 Å². The van der Waals surface area contributed by atoms with Crippen LogP contribution in [0.1, 0.15) is 31.4 Å². The average Bonchev–Trinajstić information content (AvgIpc) is 2.88. The van der Waals surface area contributed by atoms with Crippen molar-refractivity contribution >= 4 is 0 Å². The van der Waals surface area contributed by atoms with Crippen LogP contribution in [-0.2, 0) is 9.47 Å². The number of pyridine rings is 1. The first-order valence-corrected chi connectivity index (χ1v) is 7.38. The van der Waals surface area contributed by atoms with Crippen LogP contribution >= 0.6 is 0 Å². The van der Waals surface area contributed by atoms with Crippen LogP contribution in [0.2, 0.25) is 0 Å². The molecule has 1 spiro atoms. The Morgan fingerprint density at radius 3 is 2.65 bits per heavy atom. The molecule has 0 bridgehead atoms. The van der Waals surface area contributed by atoms with Gasteiger partial charge in [-0.15, -0.1) is 0 Å². The van der Waals surface area contributed by atoms with E-state index >= 15 is 0 Å². The smallest absolute Gasteiger partial charge is 0.181 e. The van der Waals surface area contributed by atoms with E-state index in [1.54, 1.807) is 0 Å². The quantitative estimate of drug-likeness (QED) is 0.902. The molecule has 0 saturated carbocycles. The predicted molar refractivity (Wildman–Crippen MR) is 76.1 cm³/mol. The van der Waals surface area contributed by atoms with Crippen molar-refractivity contribution in [1.29, 1.82) is 0 Å². The second kappa shape index (κ2) is 5.77. The number of nitrogens with zero attached hydrogens (tertiary/aromatic N) is 2. The Morgan fingerprint density at radius 2 is 2.00 bits per heavy atom. The van der Waals surface area contributed by atoms with Crippen molar-refractivity contribution in [3.63, 3.8) is 0 Å². The van der Waals surface area contributed by atoms with Crippen LogP contribution in [0, 0.1) is 0 Å². The highest BCUT2D eigenvalue weighted by Gasteiger charge is 2.43. The molecule has 0 radical (unpaired) electrons. The first-order chi connectivity index (χ1) is 9.70. The van der Waals surface area contributed by atoms with Crippen molar-refractivity contribution in [2.45, 2.75) is 37.6 Å². The summed E-state index contributed by atoms with van der Waals surface area (Å²) >= 11 is 0. The molecule has 2 fully saturated rings. The van der Waals surface area contributed by atoms with E-state index < -0.39 is 5.79 Å². The second-order valence-corrected chi connectivity index (χ2v) is 5.77. The number of aromatic nitrogens is 1. The third-order valence-electron chi connectivity index (χ3n) is 4.20. The lowest BCUT2D eigenvalue weighted by molar-refractivity contribution is -0.194. The van der Waals surface area contributed by atoms with E-state index in [1.165, 1.54) is 5.56 Å². The highest BCUT2D eigenvalue weighted by atomic mass is 16.7. The molecule has 2 aliphatic heterocycles. The fraction of sp³-hybridized carbons (Fsp3) is 0.667. The van der Waals surface area contributed by atoms with Crippen LogP contribution in [0.4, 0.5) is 0 Å². The van der Waals surface area contributed by atoms with E-state index in [4.69, 9.17) is 15.2 Å². The Morgan fingerprint density at radius 1 is 1.30 bits per heavy atom. The summed E-state index contributed by atoms with van der Waals surface area (Å²) in [4.78, 5) is 6.49. The maximum absolute atomic E-state index is 6.24. The van der Waals surface area contributed by atoms with Gasteiger partial charge in [0, 0.05) is 30.9 Å². The second-order valence-electron chi connectivity index (χ2n) is 5.77. The van der Waals surface area contributed by atoms with Crippen LogP contribution in [0.3, 0.4) is 0 Å². The van der Waals surface area contributed by atoms with Gasteiger partial charge in [-0.3, -0.25) is 9.88 Å². The number of ether oxygens (including phenoxy) is 2. The lowest BCUT2D eigenvalue weighted by atomic mass is 9.95. The molecule has 1 aromatic heterocycles. The van der Waals surface area contributed by atoms with E-state index in [0.717, 1.165) is 25.9 Å². The van der Waals surface area contributed by atoms with Gasteiger partial charge in [-0.1, -0.05) is 0 Å². The molecule has 0 aromatic carbocycles. The highest BCUT2D eigenvalue weighted by molar-refractivity contribution is 5.17. The topological polar surface area (TPSA) is 60.6 Å². The maximum Gasteiger partial charge on any atom is 0.181 e. The lowest BCUT2D eigenvalue weighted by Crippen LogP contribution is -2.52. The standard InChI is InChI=1S/C15H23N3O2/c1-12(16)14(13-3-6-17-7-4-13)18-8-2-5-15(11-18)19-9-10-20-15/h3-4,6-7,12,14H,2,5,8-11,16H2,1H3. The summed E-state index contributed by atoms with van der Waals surface area (Å²) in [5, 5.41) is 0. The summed E-state index contributed by atoms with van der Waals surface area (Å²) in [7, 11) is 0. The zero-order chi connectivity index (χ0) is 14.0. The van der Waals surface area contributed by atoms with Gasteiger partial charge in [0.05, 0.1) is 19.8 Å². The average molecular weight is 277 g/mol. The van der Waals surface area contributed by atoms with E-state index in [-0.39, 0.29) is 12.1 Å². The van der Waals surface area contributed by atoms with Gasteiger partial charge in [0.15, 0.2) is 5.79 Å². The number of hydrogen-bond acceptors (Lipinski definition) is 5. The molecule has 20 heavy (non-hydrogen) atoms. The number of hydrogen-bond donors (Lipinski definition) is 1. The molecule has 0 amide bonds. The molecule has 2 saturated heterocycles. The fourth-order valence-corrected chi connectivity index (χ4v) is 3.40. The molecular weight excluding hydrogens is 254 g/mol. The predicted octanol–water partition coefficient (Wildman–Crippen LogP) is 1.31. The SMILES string of the molecule is CC(N)C(c1ccncc1)N1CCCC2(C1)OCCO2. The maximum atomic E-state index is 6.24. The minimum atomic E-state index is -0.404. The molecule has 2 aliphatic rings. The first-order valence-electron chi connectivity index (χ1n) is 7.38. The van der Waals surface area contributed by atoms with Crippen LogP contribution in [0.5, 0.6) is 0 Å². The summed E-state index contributed by atoms with van der Waals surface area (Å²) in [6.07, 6.45) is 5.71. The zero-order valence-electron chi connectivity index (χ0n) is 12.0. The third kappa shape index (κ3) is 2.72. The molecular formula is C15H23N3O2. The van der Waals surface area contributed by atoms with Gasteiger partial charge < -0.3 is 15.2 Å². The van der Waals surface area contributed by atoms with Crippen molar-refractivity contribution < 1.29 is 9.47 Å². The van der Waals surface area contributed by atoms with Crippen molar-refractivity contribution in [3.05, 3.63) is 30.1 Å². The van der Waals surface area contributed by atoms with Crippen LogP contribution < -0.4 is 5.73 Å². The molecule has 2 N–H and O–H groups in total. The van der Waals surface area contributed by atoms with E-state index in [1.807, 2.05) is 24.5 Å². The molecule has 1 aromatic rings. The Balaban J connectivity index is 1.81. The molecule has 5 heteroatoms. The van der Waals surface area contributed by atoms with Gasteiger partial charge in [-0.05, 0) is 37.6 Å². The van der Waals surface area contributed by atoms with Crippen LogP contribution in [0.15, 0.2) is 24.5 Å². The highest BCUT2D eigenvalue weighted by Crippen LogP contribution is 2.35. The van der Waals surface area contributed by atoms with Crippen molar-refractivity contribution in [1.82, 2.24) is 9.88 Å². The first kappa shape index (κ1) is 13.9. The number of likely N-dealkylation sites (tertiary alicyclic amines) is 1. The van der Waals surface area contributed by atoms with Crippen molar-refractivity contribution in [2.75, 3.05) is 26.3 Å². The molecule has 5 nitrogen and oxygen atoms in total. The Kier molecular flexibility index (Phi) is 4.03. The summed E-state index contributed by atoms with van der Waals surface area (Å²) in [6.45, 7) is 5.28. The number of nitrogens with two attached hydrogens (primary N) is 1. The number of piperidine rings is 1. The molecule has 2 atom stereocenters. The summed E-state index contributed by atoms with van der Waals surface area (Å²) < 4.78 is 11.7. The summed E-state index contributed by atoms with van der Waals surface area (Å²) in [5.41, 5.74) is 7.46. The summed E-state index contributed by atoms with van der Waals surface area (Å²) in [6, 6.07) is 4.33. The van der Waals surface area contributed by atoms with E-state index in [9.17, 15) is 0 Å². The monoisotopic (exact) mass is 277 g/mol.